The standard InChI is InChI=1S/C25H26ClN9O2/c26-21-19(22(36)15-3-5-34(6-4-15)18-12-37-13-18)7-14(9-27)8-20(21)31-25-32-23(30-16-1-2-16)24-29-11-17(10-28)35(24)33-25/h7-8,11,15-16,18,22,36H,1-6,12-13H2,(H2,30,31,32,33). The second kappa shape index (κ2) is 9.77. The molecule has 1 unspecified atom stereocenters. The van der Waals surface area contributed by atoms with Crippen molar-refractivity contribution in [3.05, 3.63) is 40.2 Å². The van der Waals surface area contributed by atoms with Gasteiger partial charge in [-0.25, -0.2) is 4.98 Å². The van der Waals surface area contributed by atoms with Gasteiger partial charge in [0, 0.05) is 11.6 Å². The van der Waals surface area contributed by atoms with E-state index in [1.807, 2.05) is 0 Å². The van der Waals surface area contributed by atoms with E-state index in [4.69, 9.17) is 16.3 Å². The molecule has 11 nitrogen and oxygen atoms in total. The first-order valence-electron chi connectivity index (χ1n) is 12.5. The van der Waals surface area contributed by atoms with Crippen molar-refractivity contribution >= 4 is 34.7 Å². The molecule has 1 aliphatic carbocycles. The van der Waals surface area contributed by atoms with Gasteiger partial charge >= 0.3 is 0 Å². The molecule has 1 saturated carbocycles. The minimum absolute atomic E-state index is 0.0302. The maximum atomic E-state index is 11.3. The van der Waals surface area contributed by atoms with Gasteiger partial charge in [-0.3, -0.25) is 4.90 Å². The summed E-state index contributed by atoms with van der Waals surface area (Å²) in [5.74, 6) is 0.735. The molecule has 2 saturated heterocycles. The number of fused-ring (bicyclic) bond motifs is 1. The van der Waals surface area contributed by atoms with Crippen LogP contribution in [-0.4, -0.2) is 68.0 Å². The van der Waals surface area contributed by atoms with Gasteiger partial charge in [-0.05, 0) is 56.8 Å². The third-order valence-electron chi connectivity index (χ3n) is 7.35. The van der Waals surface area contributed by atoms with Crippen LogP contribution in [0.2, 0.25) is 5.02 Å². The van der Waals surface area contributed by atoms with Crippen molar-refractivity contribution in [2.75, 3.05) is 36.9 Å². The summed E-state index contributed by atoms with van der Waals surface area (Å²) in [6, 6.07) is 8.30. The number of benzene rings is 1. The van der Waals surface area contributed by atoms with Crippen LogP contribution in [0, 0.1) is 28.6 Å². The van der Waals surface area contributed by atoms with Gasteiger partial charge in [0.15, 0.2) is 17.2 Å². The Bertz CT molecular complexity index is 1410. The number of aliphatic hydroxyl groups excluding tert-OH is 1. The number of nitriles is 2. The van der Waals surface area contributed by atoms with Gasteiger partial charge in [-0.15, -0.1) is 5.10 Å². The van der Waals surface area contributed by atoms with E-state index in [1.54, 1.807) is 12.1 Å². The summed E-state index contributed by atoms with van der Waals surface area (Å²) >= 11 is 6.80. The number of likely N-dealkylation sites (tertiary alicyclic amines) is 1. The summed E-state index contributed by atoms with van der Waals surface area (Å²) in [5.41, 5.74) is 2.01. The van der Waals surface area contributed by atoms with E-state index in [-0.39, 0.29) is 17.6 Å². The number of piperidine rings is 1. The van der Waals surface area contributed by atoms with Crippen molar-refractivity contribution in [1.82, 2.24) is 24.5 Å². The van der Waals surface area contributed by atoms with Gasteiger partial charge in [0.25, 0.3) is 0 Å². The Labute approximate surface area is 218 Å². The third-order valence-corrected chi connectivity index (χ3v) is 7.77. The summed E-state index contributed by atoms with van der Waals surface area (Å²) < 4.78 is 6.74. The van der Waals surface area contributed by atoms with E-state index in [9.17, 15) is 15.6 Å². The van der Waals surface area contributed by atoms with Crippen LogP contribution in [0.1, 0.15) is 48.6 Å². The minimum Gasteiger partial charge on any atom is -0.388 e. The maximum absolute atomic E-state index is 11.3. The van der Waals surface area contributed by atoms with Crippen molar-refractivity contribution in [2.45, 2.75) is 43.9 Å². The molecule has 37 heavy (non-hydrogen) atoms. The average Bonchev–Trinajstić information content (AvgIpc) is 3.60. The monoisotopic (exact) mass is 519 g/mol. The number of hydrogen-bond acceptors (Lipinski definition) is 10. The summed E-state index contributed by atoms with van der Waals surface area (Å²) in [6.45, 7) is 3.35. The predicted molar refractivity (Wildman–Crippen MR) is 135 cm³/mol. The van der Waals surface area contributed by atoms with Crippen LogP contribution in [0.5, 0.6) is 0 Å². The molecule has 3 aromatic rings. The molecule has 0 bridgehead atoms. The maximum Gasteiger partial charge on any atom is 0.247 e. The smallest absolute Gasteiger partial charge is 0.247 e. The number of anilines is 3. The first kappa shape index (κ1) is 23.9. The Kier molecular flexibility index (Phi) is 6.31. The van der Waals surface area contributed by atoms with Crippen molar-refractivity contribution in [2.24, 2.45) is 5.92 Å². The highest BCUT2D eigenvalue weighted by Gasteiger charge is 2.33. The lowest BCUT2D eigenvalue weighted by atomic mass is 9.86. The Hall–Kier alpha value is -3.48. The number of nitrogens with zero attached hydrogens (tertiary/aromatic N) is 7. The van der Waals surface area contributed by atoms with E-state index in [0.717, 1.165) is 52.0 Å². The Morgan fingerprint density at radius 3 is 2.57 bits per heavy atom. The normalized spacial score (nSPS) is 19.7. The number of halogens is 1. The average molecular weight is 520 g/mol. The van der Waals surface area contributed by atoms with Crippen LogP contribution >= 0.6 is 11.6 Å². The van der Waals surface area contributed by atoms with Crippen molar-refractivity contribution in [1.29, 1.82) is 10.5 Å². The molecule has 3 aliphatic rings. The number of imidazole rings is 1. The molecule has 1 atom stereocenters. The minimum atomic E-state index is -0.810. The fourth-order valence-corrected chi connectivity index (χ4v) is 5.22. The number of nitrogens with one attached hydrogen (secondary N) is 2. The topological polar surface area (TPSA) is 147 Å². The molecule has 2 aromatic heterocycles. The molecule has 190 valence electrons. The van der Waals surface area contributed by atoms with Gasteiger partial charge in [-0.1, -0.05) is 11.6 Å². The molecule has 4 heterocycles. The van der Waals surface area contributed by atoms with Gasteiger partial charge < -0.3 is 20.5 Å². The van der Waals surface area contributed by atoms with Crippen molar-refractivity contribution < 1.29 is 9.84 Å². The fourth-order valence-electron chi connectivity index (χ4n) is 4.95. The van der Waals surface area contributed by atoms with Crippen LogP contribution in [0.15, 0.2) is 18.3 Å². The molecule has 0 spiro atoms. The number of rotatable bonds is 7. The molecule has 0 radical (unpaired) electrons. The van der Waals surface area contributed by atoms with E-state index >= 15 is 0 Å². The fraction of sp³-hybridized carbons (Fsp3) is 0.480. The quantitative estimate of drug-likeness (QED) is 0.425. The molecule has 6 rings (SSSR count). The molecule has 2 aliphatic heterocycles. The zero-order chi connectivity index (χ0) is 25.5. The summed E-state index contributed by atoms with van der Waals surface area (Å²) in [4.78, 5) is 11.3. The van der Waals surface area contributed by atoms with Gasteiger partial charge in [0.2, 0.25) is 5.95 Å². The second-order valence-electron chi connectivity index (χ2n) is 9.87. The summed E-state index contributed by atoms with van der Waals surface area (Å²) in [7, 11) is 0. The first-order valence-corrected chi connectivity index (χ1v) is 12.8. The Morgan fingerprint density at radius 1 is 1.14 bits per heavy atom. The second-order valence-corrected chi connectivity index (χ2v) is 10.2. The highest BCUT2D eigenvalue weighted by atomic mass is 35.5. The van der Waals surface area contributed by atoms with Crippen LogP contribution in [0.4, 0.5) is 17.5 Å². The van der Waals surface area contributed by atoms with Crippen LogP contribution in [0.25, 0.3) is 5.65 Å². The van der Waals surface area contributed by atoms with Crippen LogP contribution in [-0.2, 0) is 4.74 Å². The predicted octanol–water partition coefficient (Wildman–Crippen LogP) is 2.98. The van der Waals surface area contributed by atoms with Gasteiger partial charge in [-0.2, -0.15) is 20.0 Å². The van der Waals surface area contributed by atoms with E-state index in [0.29, 0.717) is 45.4 Å². The SMILES string of the molecule is N#Cc1cc(Nc2nc(NC3CC3)c3ncc(C#N)n3n2)c(Cl)c(C(O)C2CCN(C3COC3)CC2)c1. The molecular formula is C25H26ClN9O2. The number of aliphatic hydroxyl groups is 1. The zero-order valence-corrected chi connectivity index (χ0v) is 20.8. The molecule has 3 N–H and O–H groups in total. The first-order chi connectivity index (χ1) is 18.0. The van der Waals surface area contributed by atoms with Crippen molar-refractivity contribution in [3.8, 4) is 12.1 Å². The molecule has 1 aromatic carbocycles. The van der Waals surface area contributed by atoms with Crippen molar-refractivity contribution in [3.63, 3.8) is 0 Å². The van der Waals surface area contributed by atoms with E-state index in [2.05, 4.69) is 42.7 Å². The molecule has 3 fully saturated rings. The molecule has 0 amide bonds. The number of ether oxygens (including phenoxy) is 1. The third kappa shape index (κ3) is 4.67. The highest BCUT2D eigenvalue weighted by Crippen LogP contribution is 2.39. The van der Waals surface area contributed by atoms with Crippen LogP contribution < -0.4 is 10.6 Å². The van der Waals surface area contributed by atoms with Crippen LogP contribution in [0.3, 0.4) is 0 Å². The zero-order valence-electron chi connectivity index (χ0n) is 20.1. The van der Waals surface area contributed by atoms with Gasteiger partial charge in [0.05, 0.1) is 53.9 Å². The lowest BCUT2D eigenvalue weighted by molar-refractivity contribution is -0.0794. The molecular weight excluding hydrogens is 494 g/mol. The Morgan fingerprint density at radius 2 is 1.92 bits per heavy atom. The highest BCUT2D eigenvalue weighted by molar-refractivity contribution is 6.34. The van der Waals surface area contributed by atoms with E-state index in [1.165, 1.54) is 10.7 Å². The number of hydrogen-bond donors (Lipinski definition) is 3. The van der Waals surface area contributed by atoms with Gasteiger partial charge in [0.1, 0.15) is 6.07 Å². The summed E-state index contributed by atoms with van der Waals surface area (Å²) in [5, 5.41) is 41.7. The lowest BCUT2D eigenvalue weighted by Gasteiger charge is -2.42. The Balaban J connectivity index is 1.29. The molecule has 12 heteroatoms. The van der Waals surface area contributed by atoms with E-state index < -0.39 is 6.10 Å². The lowest BCUT2D eigenvalue weighted by Crippen LogP contribution is -2.52. The summed E-state index contributed by atoms with van der Waals surface area (Å²) in [6.07, 6.45) is 4.38. The number of aromatic nitrogens is 4. The largest absolute Gasteiger partial charge is 0.388 e.